The van der Waals surface area contributed by atoms with Gasteiger partial charge in [-0.15, -0.1) is 0 Å². The van der Waals surface area contributed by atoms with Crippen LogP contribution in [0.1, 0.15) is 50.2 Å². The highest BCUT2D eigenvalue weighted by Crippen LogP contribution is 2.36. The van der Waals surface area contributed by atoms with Crippen molar-refractivity contribution in [1.29, 1.82) is 0 Å². The van der Waals surface area contributed by atoms with Gasteiger partial charge in [0.1, 0.15) is 15.8 Å². The molecule has 1 amide bonds. The van der Waals surface area contributed by atoms with E-state index in [0.29, 0.717) is 35.2 Å². The molecule has 0 spiro atoms. The summed E-state index contributed by atoms with van der Waals surface area (Å²) in [5, 5.41) is 13.7. The number of rotatable bonds is 12. The van der Waals surface area contributed by atoms with Crippen molar-refractivity contribution in [3.05, 3.63) is 70.8 Å². The lowest BCUT2D eigenvalue weighted by Crippen LogP contribution is -2.29. The number of aliphatic carboxylic acids is 1. The Morgan fingerprint density at radius 1 is 1.16 bits per heavy atom. The summed E-state index contributed by atoms with van der Waals surface area (Å²) in [6.45, 7) is 5.25. The number of carbonyl (C=O) groups excluding carboxylic acids is 1. The van der Waals surface area contributed by atoms with Crippen LogP contribution in [0.15, 0.2) is 59.6 Å². The average Bonchev–Trinajstić information content (AvgIpc) is 3.43. The minimum absolute atomic E-state index is 0.128. The number of ether oxygens (including phenoxy) is 1. The Morgan fingerprint density at radius 2 is 1.95 bits per heavy atom. The van der Waals surface area contributed by atoms with Gasteiger partial charge in [0.15, 0.2) is 0 Å². The minimum atomic E-state index is -0.802. The van der Waals surface area contributed by atoms with Crippen molar-refractivity contribution in [3.8, 4) is 22.7 Å². The number of aromatic nitrogens is 2. The lowest BCUT2D eigenvalue weighted by molar-refractivity contribution is -0.137. The third-order valence-electron chi connectivity index (χ3n) is 6.12. The number of benzene rings is 2. The molecule has 0 unspecified atom stereocenters. The predicted octanol–water partition coefficient (Wildman–Crippen LogP) is 6.48. The minimum Gasteiger partial charge on any atom is -0.494 e. The molecular formula is C29H31N3O4S2. The molecule has 7 nitrogen and oxygen atoms in total. The SMILES string of the molecule is CCCOc1ccc(-c2nn(-c3ccccc3)cc2/C=C2\SC(=S)N(CCCCCC(=O)O)C2=O)c(C)c1. The summed E-state index contributed by atoms with van der Waals surface area (Å²) < 4.78 is 8.14. The molecule has 0 atom stereocenters. The van der Waals surface area contributed by atoms with Crippen LogP contribution in [0.5, 0.6) is 5.75 Å². The predicted molar refractivity (Wildman–Crippen MR) is 156 cm³/mol. The number of aryl methyl sites for hydroxylation is 1. The molecular weight excluding hydrogens is 518 g/mol. The number of carbonyl (C=O) groups is 2. The average molecular weight is 550 g/mol. The Hall–Kier alpha value is -3.43. The van der Waals surface area contributed by atoms with Crippen molar-refractivity contribution in [3.63, 3.8) is 0 Å². The van der Waals surface area contributed by atoms with Gasteiger partial charge in [-0.2, -0.15) is 5.10 Å². The van der Waals surface area contributed by atoms with Crippen LogP contribution in [0.3, 0.4) is 0 Å². The van der Waals surface area contributed by atoms with E-state index in [0.717, 1.165) is 46.7 Å². The van der Waals surface area contributed by atoms with Crippen molar-refractivity contribution in [2.24, 2.45) is 0 Å². The fraction of sp³-hybridized carbons (Fsp3) is 0.310. The molecule has 9 heteroatoms. The summed E-state index contributed by atoms with van der Waals surface area (Å²) in [6.07, 6.45) is 6.90. The molecule has 1 aliphatic heterocycles. The molecule has 0 radical (unpaired) electrons. The van der Waals surface area contributed by atoms with Crippen LogP contribution in [0, 0.1) is 6.92 Å². The van der Waals surface area contributed by atoms with Gasteiger partial charge in [-0.3, -0.25) is 14.5 Å². The maximum absolute atomic E-state index is 13.2. The molecule has 3 aromatic rings. The second-order valence-corrected chi connectivity index (χ2v) is 10.8. The Morgan fingerprint density at radius 3 is 2.66 bits per heavy atom. The van der Waals surface area contributed by atoms with E-state index in [4.69, 9.17) is 27.2 Å². The smallest absolute Gasteiger partial charge is 0.303 e. The van der Waals surface area contributed by atoms with E-state index in [1.54, 1.807) is 4.90 Å². The summed E-state index contributed by atoms with van der Waals surface area (Å²) in [7, 11) is 0. The number of hydrogen-bond donors (Lipinski definition) is 1. The van der Waals surface area contributed by atoms with Gasteiger partial charge >= 0.3 is 5.97 Å². The van der Waals surface area contributed by atoms with Crippen LogP contribution in [-0.4, -0.2) is 49.1 Å². The Bertz CT molecular complexity index is 1350. The van der Waals surface area contributed by atoms with Crippen molar-refractivity contribution in [2.75, 3.05) is 13.2 Å². The number of unbranched alkanes of at least 4 members (excludes halogenated alkanes) is 2. The van der Waals surface area contributed by atoms with E-state index in [-0.39, 0.29) is 12.3 Å². The van der Waals surface area contributed by atoms with E-state index < -0.39 is 5.97 Å². The molecule has 0 saturated carbocycles. The first-order valence-electron chi connectivity index (χ1n) is 12.7. The molecule has 38 heavy (non-hydrogen) atoms. The van der Waals surface area contributed by atoms with Gasteiger partial charge in [-0.1, -0.05) is 55.5 Å². The summed E-state index contributed by atoms with van der Waals surface area (Å²) in [4.78, 5) is 26.1. The highest BCUT2D eigenvalue weighted by Gasteiger charge is 2.32. The first-order valence-corrected chi connectivity index (χ1v) is 14.0. The van der Waals surface area contributed by atoms with Crippen LogP contribution in [0.2, 0.25) is 0 Å². The van der Waals surface area contributed by atoms with E-state index in [1.165, 1.54) is 11.8 Å². The topological polar surface area (TPSA) is 84.7 Å². The van der Waals surface area contributed by atoms with Gasteiger partial charge in [0.25, 0.3) is 5.91 Å². The van der Waals surface area contributed by atoms with Gasteiger partial charge in [0.05, 0.1) is 17.2 Å². The largest absolute Gasteiger partial charge is 0.494 e. The number of amides is 1. The highest BCUT2D eigenvalue weighted by molar-refractivity contribution is 8.26. The zero-order valence-electron chi connectivity index (χ0n) is 21.6. The lowest BCUT2D eigenvalue weighted by Gasteiger charge is -2.13. The van der Waals surface area contributed by atoms with Crippen molar-refractivity contribution >= 4 is 46.3 Å². The molecule has 0 aliphatic carbocycles. The second kappa shape index (κ2) is 12.9. The number of para-hydroxylation sites is 1. The Kier molecular flexibility index (Phi) is 9.36. The quantitative estimate of drug-likeness (QED) is 0.157. The molecule has 4 rings (SSSR count). The molecule has 198 valence electrons. The van der Waals surface area contributed by atoms with Gasteiger partial charge < -0.3 is 9.84 Å². The Labute approximate surface area is 232 Å². The maximum atomic E-state index is 13.2. The number of carboxylic acids is 1. The zero-order valence-corrected chi connectivity index (χ0v) is 23.2. The molecule has 0 bridgehead atoms. The second-order valence-electron chi connectivity index (χ2n) is 9.08. The summed E-state index contributed by atoms with van der Waals surface area (Å²) in [5.41, 5.74) is 4.50. The fourth-order valence-electron chi connectivity index (χ4n) is 4.18. The summed E-state index contributed by atoms with van der Waals surface area (Å²) in [5.74, 6) is -0.109. The van der Waals surface area contributed by atoms with Crippen LogP contribution in [0.4, 0.5) is 0 Å². The van der Waals surface area contributed by atoms with Crippen LogP contribution in [-0.2, 0) is 9.59 Å². The van der Waals surface area contributed by atoms with Gasteiger partial charge in [-0.05, 0) is 68.2 Å². The maximum Gasteiger partial charge on any atom is 0.303 e. The molecule has 1 N–H and O–H groups in total. The van der Waals surface area contributed by atoms with Crippen molar-refractivity contribution in [2.45, 2.75) is 46.0 Å². The van der Waals surface area contributed by atoms with Crippen molar-refractivity contribution in [1.82, 2.24) is 14.7 Å². The number of carboxylic acid groups (broad SMARTS) is 1. The molecule has 2 heterocycles. The number of thioether (sulfide) groups is 1. The zero-order chi connectivity index (χ0) is 27.1. The molecule has 1 saturated heterocycles. The van der Waals surface area contributed by atoms with E-state index >= 15 is 0 Å². The molecule has 1 aromatic heterocycles. The highest BCUT2D eigenvalue weighted by atomic mass is 32.2. The molecule has 1 aliphatic rings. The van der Waals surface area contributed by atoms with Gasteiger partial charge in [0, 0.05) is 30.3 Å². The lowest BCUT2D eigenvalue weighted by atomic mass is 10.0. The van der Waals surface area contributed by atoms with E-state index in [9.17, 15) is 9.59 Å². The van der Waals surface area contributed by atoms with Gasteiger partial charge in [-0.25, -0.2) is 4.68 Å². The summed E-state index contributed by atoms with van der Waals surface area (Å²) >= 11 is 6.79. The van der Waals surface area contributed by atoms with E-state index in [1.807, 2.05) is 72.4 Å². The fourth-order valence-corrected chi connectivity index (χ4v) is 5.48. The third-order valence-corrected chi connectivity index (χ3v) is 7.50. The first kappa shape index (κ1) is 27.6. The van der Waals surface area contributed by atoms with E-state index in [2.05, 4.69) is 6.92 Å². The standard InChI is InChI=1S/C29H31N3O4S2/c1-3-16-36-23-13-14-24(20(2)17-23)27-21(19-32(30-27)22-10-6-4-7-11-22)18-25-28(35)31(29(37)38-25)15-9-5-8-12-26(33)34/h4,6-7,10-11,13-14,17-19H,3,5,8-9,12,15-16H2,1-2H3,(H,33,34)/b25-18-. The number of thiocarbonyl (C=S) groups is 1. The molecule has 1 fully saturated rings. The normalized spacial score (nSPS) is 14.5. The van der Waals surface area contributed by atoms with Crippen LogP contribution in [0.25, 0.3) is 23.0 Å². The van der Waals surface area contributed by atoms with Gasteiger partial charge in [0.2, 0.25) is 0 Å². The number of nitrogens with zero attached hydrogens (tertiary/aromatic N) is 3. The third kappa shape index (κ3) is 6.71. The number of hydrogen-bond acceptors (Lipinski definition) is 6. The first-order chi connectivity index (χ1) is 18.4. The van der Waals surface area contributed by atoms with Crippen molar-refractivity contribution < 1.29 is 19.4 Å². The van der Waals surface area contributed by atoms with Crippen LogP contribution >= 0.6 is 24.0 Å². The summed E-state index contributed by atoms with van der Waals surface area (Å²) in [6, 6.07) is 15.8. The Balaban J connectivity index is 1.62. The molecule has 2 aromatic carbocycles. The van der Waals surface area contributed by atoms with Crippen LogP contribution < -0.4 is 4.74 Å². The monoisotopic (exact) mass is 549 g/mol.